The summed E-state index contributed by atoms with van der Waals surface area (Å²) in [6.07, 6.45) is 0. The minimum atomic E-state index is -0.598. The van der Waals surface area contributed by atoms with Crippen molar-refractivity contribution < 1.29 is 14.3 Å². The fourth-order valence-electron chi connectivity index (χ4n) is 3.15. The number of hydrogen-bond donors (Lipinski definition) is 1. The van der Waals surface area contributed by atoms with Crippen LogP contribution in [0.25, 0.3) is 0 Å². The van der Waals surface area contributed by atoms with Gasteiger partial charge < -0.3 is 15.0 Å². The number of carbonyl (C=O) groups excluding carboxylic acids is 2. The molecule has 2 rings (SSSR count). The molecule has 30 heavy (non-hydrogen) atoms. The van der Waals surface area contributed by atoms with Crippen molar-refractivity contribution in [1.29, 1.82) is 0 Å². The highest BCUT2D eigenvalue weighted by atomic mass is 16.5. The standard InChI is InChI=1S/C25H34N2O3/c1-17(2)14-26-25(29)21(6)27(15-22-11-7-9-18(3)13-22)24(28)16-30-23-12-8-10-19(4)20(23)5/h7-13,17,21H,14-16H2,1-6H3,(H,26,29)/t21-/m0/s1. The number of aryl methyl sites for hydroxylation is 2. The zero-order valence-corrected chi connectivity index (χ0v) is 19.0. The van der Waals surface area contributed by atoms with Crippen molar-refractivity contribution >= 4 is 11.8 Å². The van der Waals surface area contributed by atoms with Gasteiger partial charge in [-0.15, -0.1) is 0 Å². The lowest BCUT2D eigenvalue weighted by molar-refractivity contribution is -0.142. The molecule has 2 aromatic rings. The van der Waals surface area contributed by atoms with Gasteiger partial charge in [0.25, 0.3) is 5.91 Å². The molecule has 0 aliphatic heterocycles. The second-order valence-corrected chi connectivity index (χ2v) is 8.31. The molecule has 0 unspecified atom stereocenters. The van der Waals surface area contributed by atoms with Crippen LogP contribution in [0, 0.1) is 26.7 Å². The predicted molar refractivity (Wildman–Crippen MR) is 120 cm³/mol. The van der Waals surface area contributed by atoms with Crippen LogP contribution in [-0.2, 0) is 16.1 Å². The number of amides is 2. The highest BCUT2D eigenvalue weighted by molar-refractivity contribution is 5.88. The summed E-state index contributed by atoms with van der Waals surface area (Å²) in [5.41, 5.74) is 4.22. The SMILES string of the molecule is Cc1cccc(CN(C(=O)COc2cccc(C)c2C)[C@@H](C)C(=O)NCC(C)C)c1. The topological polar surface area (TPSA) is 58.6 Å². The van der Waals surface area contributed by atoms with Crippen molar-refractivity contribution in [1.82, 2.24) is 10.2 Å². The Labute approximate surface area is 180 Å². The summed E-state index contributed by atoms with van der Waals surface area (Å²) >= 11 is 0. The van der Waals surface area contributed by atoms with Crippen LogP contribution in [0.4, 0.5) is 0 Å². The van der Waals surface area contributed by atoms with Gasteiger partial charge in [0.05, 0.1) is 0 Å². The van der Waals surface area contributed by atoms with Crippen LogP contribution in [0.2, 0.25) is 0 Å². The fraction of sp³-hybridized carbons (Fsp3) is 0.440. The Bertz CT molecular complexity index is 876. The monoisotopic (exact) mass is 410 g/mol. The zero-order chi connectivity index (χ0) is 22.3. The normalized spacial score (nSPS) is 11.8. The number of nitrogens with one attached hydrogen (secondary N) is 1. The van der Waals surface area contributed by atoms with E-state index in [0.29, 0.717) is 24.8 Å². The minimum absolute atomic E-state index is 0.113. The summed E-state index contributed by atoms with van der Waals surface area (Å²) in [6, 6.07) is 13.2. The van der Waals surface area contributed by atoms with Crippen molar-refractivity contribution in [2.24, 2.45) is 5.92 Å². The van der Waals surface area contributed by atoms with Gasteiger partial charge in [-0.1, -0.05) is 55.8 Å². The number of nitrogens with zero attached hydrogens (tertiary/aromatic N) is 1. The average molecular weight is 411 g/mol. The maximum absolute atomic E-state index is 13.1. The molecule has 0 aliphatic carbocycles. The van der Waals surface area contributed by atoms with Crippen LogP contribution >= 0.6 is 0 Å². The van der Waals surface area contributed by atoms with Gasteiger partial charge in [0.1, 0.15) is 11.8 Å². The molecule has 1 N–H and O–H groups in total. The Morgan fingerprint density at radius 3 is 2.40 bits per heavy atom. The van der Waals surface area contributed by atoms with Gasteiger partial charge in [0, 0.05) is 13.1 Å². The molecule has 0 aliphatic rings. The minimum Gasteiger partial charge on any atom is -0.483 e. The smallest absolute Gasteiger partial charge is 0.261 e. The molecule has 1 atom stereocenters. The average Bonchev–Trinajstić information content (AvgIpc) is 2.70. The molecule has 0 heterocycles. The Kier molecular flexibility index (Phi) is 8.46. The summed E-state index contributed by atoms with van der Waals surface area (Å²) in [5, 5.41) is 2.93. The maximum atomic E-state index is 13.1. The molecular formula is C25H34N2O3. The molecule has 5 heteroatoms. The van der Waals surface area contributed by atoms with E-state index < -0.39 is 6.04 Å². The van der Waals surface area contributed by atoms with Crippen LogP contribution in [0.15, 0.2) is 42.5 Å². The molecular weight excluding hydrogens is 376 g/mol. The molecule has 2 aromatic carbocycles. The lowest BCUT2D eigenvalue weighted by atomic mass is 10.1. The zero-order valence-electron chi connectivity index (χ0n) is 19.0. The second kappa shape index (κ2) is 10.8. The summed E-state index contributed by atoms with van der Waals surface area (Å²) in [4.78, 5) is 27.4. The number of benzene rings is 2. The van der Waals surface area contributed by atoms with Gasteiger partial charge in [-0.25, -0.2) is 0 Å². The third-order valence-electron chi connectivity index (χ3n) is 5.19. The predicted octanol–water partition coefficient (Wildman–Crippen LogP) is 4.18. The summed E-state index contributed by atoms with van der Waals surface area (Å²) in [7, 11) is 0. The lowest BCUT2D eigenvalue weighted by Crippen LogP contribution is -2.49. The highest BCUT2D eigenvalue weighted by Gasteiger charge is 2.26. The second-order valence-electron chi connectivity index (χ2n) is 8.31. The largest absolute Gasteiger partial charge is 0.483 e. The molecule has 0 saturated heterocycles. The number of ether oxygens (including phenoxy) is 1. The van der Waals surface area contributed by atoms with E-state index in [0.717, 1.165) is 22.3 Å². The first kappa shape index (κ1) is 23.5. The molecule has 0 bridgehead atoms. The van der Waals surface area contributed by atoms with Gasteiger partial charge >= 0.3 is 0 Å². The van der Waals surface area contributed by atoms with Crippen molar-refractivity contribution in [3.8, 4) is 5.75 Å². The van der Waals surface area contributed by atoms with Crippen LogP contribution < -0.4 is 10.1 Å². The van der Waals surface area contributed by atoms with E-state index in [1.807, 2.05) is 77.1 Å². The summed E-state index contributed by atoms with van der Waals surface area (Å²) < 4.78 is 5.83. The van der Waals surface area contributed by atoms with Crippen LogP contribution in [0.1, 0.15) is 43.0 Å². The van der Waals surface area contributed by atoms with E-state index in [2.05, 4.69) is 5.32 Å². The first-order valence-corrected chi connectivity index (χ1v) is 10.5. The van der Waals surface area contributed by atoms with Gasteiger partial charge in [0.2, 0.25) is 5.91 Å². The molecule has 162 valence electrons. The Hall–Kier alpha value is -2.82. The van der Waals surface area contributed by atoms with Gasteiger partial charge in [-0.2, -0.15) is 0 Å². The summed E-state index contributed by atoms with van der Waals surface area (Å²) in [6.45, 7) is 12.7. The van der Waals surface area contributed by atoms with Crippen LogP contribution in [0.3, 0.4) is 0 Å². The Morgan fingerprint density at radius 1 is 1.03 bits per heavy atom. The van der Waals surface area contributed by atoms with Gasteiger partial charge in [-0.05, 0) is 56.4 Å². The molecule has 0 aromatic heterocycles. The van der Waals surface area contributed by atoms with Crippen molar-refractivity contribution in [3.05, 3.63) is 64.7 Å². The Morgan fingerprint density at radius 2 is 1.73 bits per heavy atom. The van der Waals surface area contributed by atoms with Crippen molar-refractivity contribution in [3.63, 3.8) is 0 Å². The molecule has 0 saturated carbocycles. The quantitative estimate of drug-likeness (QED) is 0.675. The maximum Gasteiger partial charge on any atom is 0.261 e. The lowest BCUT2D eigenvalue weighted by Gasteiger charge is -2.29. The van der Waals surface area contributed by atoms with E-state index >= 15 is 0 Å². The Balaban J connectivity index is 2.17. The van der Waals surface area contributed by atoms with E-state index in [9.17, 15) is 9.59 Å². The van der Waals surface area contributed by atoms with E-state index in [-0.39, 0.29) is 18.4 Å². The first-order valence-electron chi connectivity index (χ1n) is 10.5. The molecule has 2 amide bonds. The van der Waals surface area contributed by atoms with Crippen LogP contribution in [0.5, 0.6) is 5.75 Å². The van der Waals surface area contributed by atoms with Gasteiger partial charge in [0.15, 0.2) is 6.61 Å². The molecule has 0 fully saturated rings. The molecule has 0 radical (unpaired) electrons. The molecule has 0 spiro atoms. The fourth-order valence-corrected chi connectivity index (χ4v) is 3.15. The highest BCUT2D eigenvalue weighted by Crippen LogP contribution is 2.21. The first-order chi connectivity index (χ1) is 14.2. The van der Waals surface area contributed by atoms with Crippen molar-refractivity contribution in [2.45, 2.75) is 54.1 Å². The van der Waals surface area contributed by atoms with Crippen molar-refractivity contribution in [2.75, 3.05) is 13.2 Å². The third kappa shape index (κ3) is 6.61. The number of rotatable bonds is 9. The van der Waals surface area contributed by atoms with Gasteiger partial charge in [-0.3, -0.25) is 9.59 Å². The number of carbonyl (C=O) groups is 2. The van der Waals surface area contributed by atoms with E-state index in [1.54, 1.807) is 11.8 Å². The molecule has 5 nitrogen and oxygen atoms in total. The number of hydrogen-bond acceptors (Lipinski definition) is 3. The summed E-state index contributed by atoms with van der Waals surface area (Å²) in [5.74, 6) is 0.659. The van der Waals surface area contributed by atoms with Crippen LogP contribution in [-0.4, -0.2) is 35.9 Å². The third-order valence-corrected chi connectivity index (χ3v) is 5.19. The van der Waals surface area contributed by atoms with E-state index in [1.165, 1.54) is 0 Å². The van der Waals surface area contributed by atoms with E-state index in [4.69, 9.17) is 4.74 Å².